The minimum absolute atomic E-state index is 0.104. The number of halogens is 1. The molecule has 0 aliphatic rings. The minimum Gasteiger partial charge on any atom is -0.494 e. The Labute approximate surface area is 157 Å². The summed E-state index contributed by atoms with van der Waals surface area (Å²) in [5.74, 6) is -0.955. The molecule has 0 saturated heterocycles. The maximum Gasteiger partial charge on any atom is 0.248 e. The van der Waals surface area contributed by atoms with Crippen LogP contribution in [0.25, 0.3) is 6.08 Å². The summed E-state index contributed by atoms with van der Waals surface area (Å²) in [6.07, 6.45) is 2.64. The van der Waals surface area contributed by atoms with E-state index >= 15 is 0 Å². The lowest BCUT2D eigenvalue weighted by Gasteiger charge is -2.18. The van der Waals surface area contributed by atoms with Crippen molar-refractivity contribution in [1.82, 2.24) is 0 Å². The van der Waals surface area contributed by atoms with Crippen LogP contribution in [0, 0.1) is 5.82 Å². The van der Waals surface area contributed by atoms with Gasteiger partial charge in [0.25, 0.3) is 0 Å². The van der Waals surface area contributed by atoms with E-state index in [0.717, 1.165) is 0 Å². The first kappa shape index (κ1) is 20.4. The Morgan fingerprint density at radius 2 is 1.93 bits per heavy atom. The SMILES string of the molecule is COc1ccc(/C=C/C(=O)Nc2cc(S(N)(=O)=O)ccc2N(C)C)cc1F. The first-order valence-electron chi connectivity index (χ1n) is 7.78. The second kappa shape index (κ2) is 8.19. The number of primary sulfonamides is 1. The van der Waals surface area contributed by atoms with Crippen LogP contribution in [0.5, 0.6) is 5.75 Å². The molecule has 0 aromatic heterocycles. The third-order valence-corrected chi connectivity index (χ3v) is 4.55. The molecule has 3 N–H and O–H groups in total. The Kier molecular flexibility index (Phi) is 6.19. The molecule has 0 spiro atoms. The van der Waals surface area contributed by atoms with Crippen molar-refractivity contribution in [2.75, 3.05) is 31.4 Å². The van der Waals surface area contributed by atoms with E-state index in [-0.39, 0.29) is 16.3 Å². The van der Waals surface area contributed by atoms with Crippen LogP contribution in [0.2, 0.25) is 0 Å². The number of amides is 1. The predicted octanol–water partition coefficient (Wildman–Crippen LogP) is 2.20. The number of hydrogen-bond donors (Lipinski definition) is 2. The lowest BCUT2D eigenvalue weighted by atomic mass is 10.2. The van der Waals surface area contributed by atoms with Gasteiger partial charge in [0, 0.05) is 20.2 Å². The lowest BCUT2D eigenvalue weighted by molar-refractivity contribution is -0.111. The fourth-order valence-electron chi connectivity index (χ4n) is 2.31. The van der Waals surface area contributed by atoms with Crippen molar-refractivity contribution in [2.24, 2.45) is 5.14 Å². The lowest BCUT2D eigenvalue weighted by Crippen LogP contribution is -2.17. The smallest absolute Gasteiger partial charge is 0.248 e. The molecule has 0 heterocycles. The number of sulfonamides is 1. The van der Waals surface area contributed by atoms with Gasteiger partial charge in [0.2, 0.25) is 15.9 Å². The molecule has 0 unspecified atom stereocenters. The summed E-state index contributed by atoms with van der Waals surface area (Å²) in [6.45, 7) is 0. The van der Waals surface area contributed by atoms with Crippen molar-refractivity contribution in [1.29, 1.82) is 0 Å². The summed E-state index contributed by atoms with van der Waals surface area (Å²) in [5.41, 5.74) is 1.34. The molecule has 0 saturated carbocycles. The number of nitrogens with two attached hydrogens (primary N) is 1. The average Bonchev–Trinajstić information content (AvgIpc) is 2.59. The summed E-state index contributed by atoms with van der Waals surface area (Å²) < 4.78 is 41.6. The van der Waals surface area contributed by atoms with Gasteiger partial charge < -0.3 is 15.0 Å². The quantitative estimate of drug-likeness (QED) is 0.733. The summed E-state index contributed by atoms with van der Waals surface area (Å²) in [4.78, 5) is 13.8. The van der Waals surface area contributed by atoms with Crippen molar-refractivity contribution in [3.05, 3.63) is 53.9 Å². The zero-order valence-electron chi connectivity index (χ0n) is 15.1. The molecular weight excluding hydrogens is 373 g/mol. The first-order valence-corrected chi connectivity index (χ1v) is 9.33. The molecule has 0 aliphatic carbocycles. The zero-order chi connectivity index (χ0) is 20.2. The van der Waals surface area contributed by atoms with E-state index < -0.39 is 21.7 Å². The second-order valence-corrected chi connectivity index (χ2v) is 7.40. The van der Waals surface area contributed by atoms with Gasteiger partial charge in [0.05, 0.1) is 23.4 Å². The van der Waals surface area contributed by atoms with Gasteiger partial charge in [0.1, 0.15) is 0 Å². The Morgan fingerprint density at radius 1 is 1.22 bits per heavy atom. The summed E-state index contributed by atoms with van der Waals surface area (Å²) in [5, 5.41) is 7.75. The number of anilines is 2. The largest absolute Gasteiger partial charge is 0.494 e. The third-order valence-electron chi connectivity index (χ3n) is 3.64. The zero-order valence-corrected chi connectivity index (χ0v) is 15.9. The molecule has 0 fully saturated rings. The highest BCUT2D eigenvalue weighted by Gasteiger charge is 2.14. The molecule has 0 atom stereocenters. The Balaban J connectivity index is 2.25. The predicted molar refractivity (Wildman–Crippen MR) is 103 cm³/mol. The molecule has 1 amide bonds. The number of nitrogens with one attached hydrogen (secondary N) is 1. The van der Waals surface area contributed by atoms with Crippen molar-refractivity contribution in [3.8, 4) is 5.75 Å². The van der Waals surface area contributed by atoms with E-state index in [1.54, 1.807) is 25.1 Å². The fourth-order valence-corrected chi connectivity index (χ4v) is 2.85. The highest BCUT2D eigenvalue weighted by atomic mass is 32.2. The van der Waals surface area contributed by atoms with Gasteiger partial charge in [-0.2, -0.15) is 0 Å². The van der Waals surface area contributed by atoms with E-state index in [2.05, 4.69) is 5.32 Å². The number of hydrogen-bond acceptors (Lipinski definition) is 5. The van der Waals surface area contributed by atoms with Crippen LogP contribution >= 0.6 is 0 Å². The van der Waals surface area contributed by atoms with E-state index in [1.807, 2.05) is 0 Å². The third kappa shape index (κ3) is 5.28. The number of carbonyl (C=O) groups excluding carboxylic acids is 1. The topological polar surface area (TPSA) is 102 Å². The number of ether oxygens (including phenoxy) is 1. The van der Waals surface area contributed by atoms with Crippen LogP contribution in [0.1, 0.15) is 5.56 Å². The number of benzene rings is 2. The van der Waals surface area contributed by atoms with Gasteiger partial charge >= 0.3 is 0 Å². The van der Waals surface area contributed by atoms with Crippen LogP contribution < -0.4 is 20.1 Å². The fraction of sp³-hybridized carbons (Fsp3) is 0.167. The number of methoxy groups -OCH3 is 1. The number of carbonyl (C=O) groups is 1. The Hall–Kier alpha value is -2.91. The van der Waals surface area contributed by atoms with Crippen LogP contribution in [0.15, 0.2) is 47.4 Å². The standard InChI is InChI=1S/C18H20FN3O4S/c1-22(2)16-7-6-13(27(20,24)25)11-15(16)21-18(23)9-5-12-4-8-17(26-3)14(19)10-12/h4-11H,1-3H3,(H,21,23)(H2,20,24,25)/b9-5+. The molecule has 2 rings (SSSR count). The maximum absolute atomic E-state index is 13.7. The van der Waals surface area contributed by atoms with E-state index in [0.29, 0.717) is 11.3 Å². The summed E-state index contributed by atoms with van der Waals surface area (Å²) in [6, 6.07) is 8.46. The van der Waals surface area contributed by atoms with Crippen LogP contribution in [0.4, 0.5) is 15.8 Å². The van der Waals surface area contributed by atoms with E-state index in [9.17, 15) is 17.6 Å². The monoisotopic (exact) mass is 393 g/mol. The van der Waals surface area contributed by atoms with Gasteiger partial charge in [-0.1, -0.05) is 6.07 Å². The molecule has 9 heteroatoms. The summed E-state index contributed by atoms with van der Waals surface area (Å²) in [7, 11) is 0.944. The molecule has 144 valence electrons. The van der Waals surface area contributed by atoms with Crippen molar-refractivity contribution < 1.29 is 22.3 Å². The van der Waals surface area contributed by atoms with Gasteiger partial charge in [-0.3, -0.25) is 4.79 Å². The van der Waals surface area contributed by atoms with Gasteiger partial charge in [0.15, 0.2) is 11.6 Å². The van der Waals surface area contributed by atoms with Crippen molar-refractivity contribution >= 4 is 33.4 Å². The average molecular weight is 393 g/mol. The molecular formula is C18H20FN3O4S. The Morgan fingerprint density at radius 3 is 2.48 bits per heavy atom. The van der Waals surface area contributed by atoms with Crippen LogP contribution in [-0.2, 0) is 14.8 Å². The normalized spacial score (nSPS) is 11.4. The molecule has 2 aromatic rings. The number of nitrogens with zero attached hydrogens (tertiary/aromatic N) is 1. The molecule has 27 heavy (non-hydrogen) atoms. The summed E-state index contributed by atoms with van der Waals surface area (Å²) >= 11 is 0. The highest BCUT2D eigenvalue weighted by molar-refractivity contribution is 7.89. The molecule has 0 bridgehead atoms. The van der Waals surface area contributed by atoms with Crippen LogP contribution in [0.3, 0.4) is 0 Å². The molecule has 0 aliphatic heterocycles. The van der Waals surface area contributed by atoms with Gasteiger partial charge in [-0.05, 0) is 42.0 Å². The van der Waals surface area contributed by atoms with Crippen molar-refractivity contribution in [3.63, 3.8) is 0 Å². The minimum atomic E-state index is -3.91. The van der Waals surface area contributed by atoms with Crippen molar-refractivity contribution in [2.45, 2.75) is 4.90 Å². The first-order chi connectivity index (χ1) is 12.6. The second-order valence-electron chi connectivity index (χ2n) is 5.83. The molecule has 2 aromatic carbocycles. The van der Waals surface area contributed by atoms with E-state index in [1.165, 1.54) is 49.6 Å². The maximum atomic E-state index is 13.7. The van der Waals surface area contributed by atoms with Gasteiger partial charge in [-0.15, -0.1) is 0 Å². The van der Waals surface area contributed by atoms with Gasteiger partial charge in [-0.25, -0.2) is 17.9 Å². The Bertz CT molecular complexity index is 988. The number of rotatable bonds is 6. The molecule has 0 radical (unpaired) electrons. The molecule has 7 nitrogen and oxygen atoms in total. The van der Waals surface area contributed by atoms with E-state index in [4.69, 9.17) is 9.88 Å². The van der Waals surface area contributed by atoms with Crippen LogP contribution in [-0.4, -0.2) is 35.5 Å². The highest BCUT2D eigenvalue weighted by Crippen LogP contribution is 2.27.